The van der Waals surface area contributed by atoms with Gasteiger partial charge in [-0.05, 0) is 29.8 Å². The van der Waals surface area contributed by atoms with Crippen molar-refractivity contribution < 1.29 is 14.2 Å². The molecule has 0 spiro atoms. The van der Waals surface area contributed by atoms with Gasteiger partial charge in [-0.25, -0.2) is 0 Å². The Labute approximate surface area is 134 Å². The molecule has 2 aromatic carbocycles. The van der Waals surface area contributed by atoms with E-state index in [4.69, 9.17) is 37.4 Å². The van der Waals surface area contributed by atoms with Crippen molar-refractivity contribution in [2.24, 2.45) is 0 Å². The molecule has 0 aromatic heterocycles. The fourth-order valence-electron chi connectivity index (χ4n) is 2.14. The van der Waals surface area contributed by atoms with E-state index in [-0.39, 0.29) is 0 Å². The molecule has 1 atom stereocenters. The lowest BCUT2D eigenvalue weighted by Crippen LogP contribution is -2.01. The predicted octanol–water partition coefficient (Wildman–Crippen LogP) is 4.69. The second-order valence-corrected chi connectivity index (χ2v) is 5.18. The van der Waals surface area contributed by atoms with Crippen molar-refractivity contribution in [3.8, 4) is 17.2 Å². The van der Waals surface area contributed by atoms with Gasteiger partial charge in [0.15, 0.2) is 0 Å². The van der Waals surface area contributed by atoms with Crippen LogP contribution in [0.1, 0.15) is 16.5 Å². The summed E-state index contributed by atoms with van der Waals surface area (Å²) in [5.41, 5.74) is 1.61. The lowest BCUT2D eigenvalue weighted by molar-refractivity contribution is 0.386. The van der Waals surface area contributed by atoms with Crippen LogP contribution >= 0.6 is 23.2 Å². The van der Waals surface area contributed by atoms with Crippen LogP contribution in [0.3, 0.4) is 0 Å². The largest absolute Gasteiger partial charge is 0.496 e. The molecule has 2 rings (SSSR count). The van der Waals surface area contributed by atoms with Gasteiger partial charge in [0.2, 0.25) is 0 Å². The van der Waals surface area contributed by atoms with Crippen LogP contribution in [0, 0.1) is 0 Å². The minimum Gasteiger partial charge on any atom is -0.496 e. The smallest absolute Gasteiger partial charge is 0.137 e. The summed E-state index contributed by atoms with van der Waals surface area (Å²) in [7, 11) is 4.77. The normalized spacial score (nSPS) is 11.9. The van der Waals surface area contributed by atoms with Gasteiger partial charge in [0.25, 0.3) is 0 Å². The van der Waals surface area contributed by atoms with E-state index in [0.717, 1.165) is 11.1 Å². The van der Waals surface area contributed by atoms with Crippen molar-refractivity contribution in [3.05, 3.63) is 52.5 Å². The third-order valence-electron chi connectivity index (χ3n) is 3.19. The molecule has 0 bridgehead atoms. The molecule has 0 aliphatic heterocycles. The summed E-state index contributed by atoms with van der Waals surface area (Å²) < 4.78 is 15.9. The van der Waals surface area contributed by atoms with Crippen molar-refractivity contribution >= 4 is 23.2 Å². The highest BCUT2D eigenvalue weighted by molar-refractivity contribution is 6.32. The minimum absolute atomic E-state index is 0.445. The molecule has 0 saturated carbocycles. The van der Waals surface area contributed by atoms with E-state index in [1.54, 1.807) is 33.5 Å². The average molecular weight is 327 g/mol. The second-order valence-electron chi connectivity index (χ2n) is 4.33. The van der Waals surface area contributed by atoms with Crippen molar-refractivity contribution in [2.75, 3.05) is 21.3 Å². The third-order valence-corrected chi connectivity index (χ3v) is 3.95. The summed E-state index contributed by atoms with van der Waals surface area (Å²) >= 11 is 12.8. The monoisotopic (exact) mass is 326 g/mol. The molecule has 0 saturated heterocycles. The van der Waals surface area contributed by atoms with E-state index in [9.17, 15) is 0 Å². The Morgan fingerprint density at radius 3 is 1.90 bits per heavy atom. The number of halogens is 2. The molecule has 0 aliphatic rings. The van der Waals surface area contributed by atoms with E-state index >= 15 is 0 Å². The number of hydrogen-bond donors (Lipinski definition) is 0. The fourth-order valence-corrected chi connectivity index (χ4v) is 2.75. The number of ether oxygens (including phenoxy) is 3. The zero-order valence-corrected chi connectivity index (χ0v) is 13.5. The number of methoxy groups -OCH3 is 3. The van der Waals surface area contributed by atoms with Crippen molar-refractivity contribution in [2.45, 2.75) is 5.38 Å². The van der Waals surface area contributed by atoms with Gasteiger partial charge in [-0.15, -0.1) is 11.6 Å². The lowest BCUT2D eigenvalue weighted by atomic mass is 10.0. The number of hydrogen-bond acceptors (Lipinski definition) is 3. The molecular weight excluding hydrogens is 311 g/mol. The first kappa shape index (κ1) is 15.8. The highest BCUT2D eigenvalue weighted by Gasteiger charge is 2.21. The van der Waals surface area contributed by atoms with E-state index in [0.29, 0.717) is 22.3 Å². The Kier molecular flexibility index (Phi) is 5.21. The van der Waals surface area contributed by atoms with Crippen LogP contribution in [-0.2, 0) is 0 Å². The first-order valence-corrected chi connectivity index (χ1v) is 7.12. The van der Waals surface area contributed by atoms with Gasteiger partial charge < -0.3 is 14.2 Å². The van der Waals surface area contributed by atoms with Crippen LogP contribution < -0.4 is 14.2 Å². The quantitative estimate of drug-likeness (QED) is 0.746. The van der Waals surface area contributed by atoms with E-state index in [1.807, 2.05) is 24.3 Å². The first-order chi connectivity index (χ1) is 10.1. The van der Waals surface area contributed by atoms with Crippen LogP contribution in [0.25, 0.3) is 0 Å². The Morgan fingerprint density at radius 1 is 0.857 bits per heavy atom. The molecule has 0 radical (unpaired) electrons. The maximum atomic E-state index is 6.61. The summed E-state index contributed by atoms with van der Waals surface area (Å²) in [6.07, 6.45) is 0. The van der Waals surface area contributed by atoms with E-state index in [2.05, 4.69) is 0 Å². The first-order valence-electron chi connectivity index (χ1n) is 6.30. The predicted molar refractivity (Wildman–Crippen MR) is 85.2 cm³/mol. The number of alkyl halides is 1. The molecule has 1 unspecified atom stereocenters. The average Bonchev–Trinajstić information content (AvgIpc) is 2.53. The molecule has 0 amide bonds. The van der Waals surface area contributed by atoms with Gasteiger partial charge in [-0.2, -0.15) is 0 Å². The van der Waals surface area contributed by atoms with Crippen LogP contribution in [-0.4, -0.2) is 21.3 Å². The van der Waals surface area contributed by atoms with Crippen LogP contribution in [0.2, 0.25) is 5.02 Å². The van der Waals surface area contributed by atoms with Gasteiger partial charge >= 0.3 is 0 Å². The highest BCUT2D eigenvalue weighted by Crippen LogP contribution is 2.42. The Bertz CT molecular complexity index is 607. The van der Waals surface area contributed by atoms with E-state index < -0.39 is 5.38 Å². The van der Waals surface area contributed by atoms with Crippen molar-refractivity contribution in [1.29, 1.82) is 0 Å². The highest BCUT2D eigenvalue weighted by atomic mass is 35.5. The minimum atomic E-state index is -0.445. The van der Waals surface area contributed by atoms with Gasteiger partial charge in [0.1, 0.15) is 17.2 Å². The Hall–Kier alpha value is -1.58. The molecule has 0 aliphatic carbocycles. The van der Waals surface area contributed by atoms with Crippen molar-refractivity contribution in [3.63, 3.8) is 0 Å². The topological polar surface area (TPSA) is 27.7 Å². The summed E-state index contributed by atoms with van der Waals surface area (Å²) in [6.45, 7) is 0. The standard InChI is InChI=1S/C16H16Cl2O3/c1-19-12-8-7-10(9-11(12)17)16(18)15-13(20-2)5-4-6-14(15)21-3/h4-9,16H,1-3H3. The summed E-state index contributed by atoms with van der Waals surface area (Å²) in [5, 5.41) is 0.0639. The third kappa shape index (κ3) is 3.20. The van der Waals surface area contributed by atoms with Crippen LogP contribution in [0.4, 0.5) is 0 Å². The molecule has 21 heavy (non-hydrogen) atoms. The number of rotatable bonds is 5. The Morgan fingerprint density at radius 2 is 1.43 bits per heavy atom. The fraction of sp³-hybridized carbons (Fsp3) is 0.250. The molecule has 0 heterocycles. The zero-order valence-electron chi connectivity index (χ0n) is 12.0. The lowest BCUT2D eigenvalue weighted by Gasteiger charge is -2.18. The zero-order chi connectivity index (χ0) is 15.4. The van der Waals surface area contributed by atoms with Crippen molar-refractivity contribution in [1.82, 2.24) is 0 Å². The van der Waals surface area contributed by atoms with Crippen LogP contribution in [0.5, 0.6) is 17.2 Å². The summed E-state index contributed by atoms with van der Waals surface area (Å²) in [5.74, 6) is 1.94. The van der Waals surface area contributed by atoms with Gasteiger partial charge in [-0.3, -0.25) is 0 Å². The molecule has 2 aromatic rings. The van der Waals surface area contributed by atoms with E-state index in [1.165, 1.54) is 0 Å². The molecule has 0 fully saturated rings. The molecular formula is C16H16Cl2O3. The molecule has 112 valence electrons. The van der Waals surface area contributed by atoms with Gasteiger partial charge in [-0.1, -0.05) is 23.7 Å². The SMILES string of the molecule is COc1ccc(C(Cl)c2c(OC)cccc2OC)cc1Cl. The summed E-state index contributed by atoms with van der Waals surface area (Å²) in [4.78, 5) is 0. The van der Waals surface area contributed by atoms with Gasteiger partial charge in [0, 0.05) is 0 Å². The van der Waals surface area contributed by atoms with Crippen LogP contribution in [0.15, 0.2) is 36.4 Å². The second kappa shape index (κ2) is 6.92. The molecule has 3 nitrogen and oxygen atoms in total. The maximum Gasteiger partial charge on any atom is 0.137 e. The van der Waals surface area contributed by atoms with Gasteiger partial charge in [0.05, 0.1) is 37.3 Å². The molecule has 0 N–H and O–H groups in total. The number of benzene rings is 2. The molecule has 5 heteroatoms. The maximum absolute atomic E-state index is 6.61. The summed E-state index contributed by atoms with van der Waals surface area (Å²) in [6, 6.07) is 11.0. The Balaban J connectivity index is 2.49.